The number of amides is 3. The van der Waals surface area contributed by atoms with Gasteiger partial charge in [0.25, 0.3) is 0 Å². The molecule has 0 aromatic heterocycles. The number of carboxylic acid groups (broad SMARTS) is 1. The van der Waals surface area contributed by atoms with Crippen LogP contribution in [0.15, 0.2) is 36.5 Å². The second-order valence-corrected chi connectivity index (χ2v) is 7.52. The molecule has 0 spiro atoms. The van der Waals surface area contributed by atoms with Crippen LogP contribution >= 0.6 is 0 Å². The van der Waals surface area contributed by atoms with Crippen LogP contribution in [-0.4, -0.2) is 35.6 Å². The normalized spacial score (nSPS) is 12.5. The van der Waals surface area contributed by atoms with Gasteiger partial charge < -0.3 is 21.5 Å². The summed E-state index contributed by atoms with van der Waals surface area (Å²) in [5.74, 6) is -1.33. The molecule has 0 saturated heterocycles. The summed E-state index contributed by atoms with van der Waals surface area (Å²) in [5, 5.41) is 14.1. The molecule has 0 aromatic carbocycles. The Kier molecular flexibility index (Phi) is 19.0. The average molecular weight is 436 g/mol. The van der Waals surface area contributed by atoms with E-state index >= 15 is 0 Å². The molecule has 0 unspecified atom stereocenters. The number of unbranched alkanes of at least 4 members (excludes halogenated alkanes) is 5. The molecule has 0 bridgehead atoms. The number of aliphatic carboxylic acids is 1. The molecule has 3 amide bonds. The first-order chi connectivity index (χ1) is 15.0. The van der Waals surface area contributed by atoms with Crippen LogP contribution in [0.25, 0.3) is 0 Å². The Morgan fingerprint density at radius 2 is 1.45 bits per heavy atom. The number of nitrogens with two attached hydrogens (primary N) is 1. The zero-order chi connectivity index (χ0) is 23.2. The smallest absolute Gasteiger partial charge is 0.326 e. The molecule has 0 fully saturated rings. The number of carboxylic acids is 1. The van der Waals surface area contributed by atoms with Gasteiger partial charge in [0.15, 0.2) is 0 Å². The molecule has 0 heterocycles. The van der Waals surface area contributed by atoms with E-state index in [1.54, 1.807) is 0 Å². The highest BCUT2D eigenvalue weighted by Crippen LogP contribution is 2.04. The van der Waals surface area contributed by atoms with E-state index in [1.807, 2.05) is 0 Å². The second kappa shape index (κ2) is 20.7. The molecule has 0 aliphatic rings. The molecular formula is C24H41N3O4. The first kappa shape index (κ1) is 28.4. The monoisotopic (exact) mass is 435 g/mol. The zero-order valence-corrected chi connectivity index (χ0v) is 19.0. The fourth-order valence-electron chi connectivity index (χ4n) is 2.88. The minimum Gasteiger partial charge on any atom is -0.480 e. The number of urea groups is 1. The van der Waals surface area contributed by atoms with E-state index in [0.29, 0.717) is 19.3 Å². The van der Waals surface area contributed by atoms with Crippen molar-refractivity contribution in [3.63, 3.8) is 0 Å². The van der Waals surface area contributed by atoms with Gasteiger partial charge in [-0.15, -0.1) is 0 Å². The number of hydrogen-bond donors (Lipinski definition) is 4. The summed E-state index contributed by atoms with van der Waals surface area (Å²) in [6.45, 7) is 2.50. The lowest BCUT2D eigenvalue weighted by atomic mass is 10.1. The highest BCUT2D eigenvalue weighted by atomic mass is 16.4. The Bertz CT molecular complexity index is 585. The van der Waals surface area contributed by atoms with Crippen molar-refractivity contribution in [2.75, 3.05) is 6.54 Å². The maximum atomic E-state index is 11.9. The summed E-state index contributed by atoms with van der Waals surface area (Å²) in [4.78, 5) is 33.8. The maximum absolute atomic E-state index is 11.9. The fourth-order valence-corrected chi connectivity index (χ4v) is 2.88. The zero-order valence-electron chi connectivity index (χ0n) is 19.0. The van der Waals surface area contributed by atoms with Gasteiger partial charge in [-0.05, 0) is 57.8 Å². The number of carbonyl (C=O) groups excluding carboxylic acids is 2. The van der Waals surface area contributed by atoms with Crippen molar-refractivity contribution < 1.29 is 19.5 Å². The van der Waals surface area contributed by atoms with Crippen LogP contribution in [0, 0.1) is 0 Å². The van der Waals surface area contributed by atoms with E-state index in [1.165, 1.54) is 25.7 Å². The van der Waals surface area contributed by atoms with Crippen molar-refractivity contribution in [2.24, 2.45) is 5.73 Å². The number of rotatable bonds is 19. The van der Waals surface area contributed by atoms with Crippen LogP contribution in [0.3, 0.4) is 0 Å². The molecule has 176 valence electrons. The summed E-state index contributed by atoms with van der Waals surface area (Å²) in [6.07, 6.45) is 23.4. The SMILES string of the molecule is CCCCC/C=C\C/C=C\C/C=C\CCCCC(=O)N[C@@H](CCCNC(N)=O)C(=O)O. The van der Waals surface area contributed by atoms with Crippen molar-refractivity contribution in [3.05, 3.63) is 36.5 Å². The highest BCUT2D eigenvalue weighted by molar-refractivity contribution is 5.83. The van der Waals surface area contributed by atoms with Gasteiger partial charge in [-0.3, -0.25) is 4.79 Å². The van der Waals surface area contributed by atoms with Gasteiger partial charge in [0.1, 0.15) is 6.04 Å². The van der Waals surface area contributed by atoms with Gasteiger partial charge in [0.05, 0.1) is 0 Å². The second-order valence-electron chi connectivity index (χ2n) is 7.52. The summed E-state index contributed by atoms with van der Waals surface area (Å²) in [5.41, 5.74) is 4.95. The Morgan fingerprint density at radius 3 is 2.00 bits per heavy atom. The average Bonchev–Trinajstić information content (AvgIpc) is 2.72. The lowest BCUT2D eigenvalue weighted by Gasteiger charge is -2.14. The van der Waals surface area contributed by atoms with E-state index in [9.17, 15) is 19.5 Å². The molecule has 1 atom stereocenters. The minimum atomic E-state index is -1.07. The van der Waals surface area contributed by atoms with Crippen LogP contribution in [0.2, 0.25) is 0 Å². The Morgan fingerprint density at radius 1 is 0.871 bits per heavy atom. The Hall–Kier alpha value is -2.57. The van der Waals surface area contributed by atoms with Crippen LogP contribution in [0.5, 0.6) is 0 Å². The molecule has 0 aromatic rings. The first-order valence-electron chi connectivity index (χ1n) is 11.5. The van der Waals surface area contributed by atoms with Crippen molar-refractivity contribution in [1.82, 2.24) is 10.6 Å². The van der Waals surface area contributed by atoms with Gasteiger partial charge in [0.2, 0.25) is 5.91 Å². The minimum absolute atomic E-state index is 0.242. The molecular weight excluding hydrogens is 394 g/mol. The van der Waals surface area contributed by atoms with Crippen LogP contribution in [-0.2, 0) is 9.59 Å². The predicted molar refractivity (Wildman–Crippen MR) is 126 cm³/mol. The third-order valence-electron chi connectivity index (χ3n) is 4.65. The van der Waals surface area contributed by atoms with Gasteiger partial charge >= 0.3 is 12.0 Å². The third kappa shape index (κ3) is 20.5. The Labute approximate surface area is 187 Å². The number of nitrogens with one attached hydrogen (secondary N) is 2. The largest absolute Gasteiger partial charge is 0.480 e. The Balaban J connectivity index is 3.76. The standard InChI is InChI=1S/C24H41N3O4/c1-2-3-4-5-6-7-8-9-10-11-12-13-14-15-16-19-22(28)27-21(23(29)30)18-17-20-26-24(25)31/h6-7,9-10,12-13,21H,2-5,8,11,14-20H2,1H3,(H,27,28)(H,29,30)(H3,25,26,31)/b7-6-,10-9-,13-12-/t21-/m0/s1. The number of hydrogen-bond acceptors (Lipinski definition) is 3. The van der Waals surface area contributed by atoms with Crippen molar-refractivity contribution >= 4 is 17.9 Å². The summed E-state index contributed by atoms with van der Waals surface area (Å²) < 4.78 is 0. The van der Waals surface area contributed by atoms with Gasteiger partial charge in [0, 0.05) is 13.0 Å². The lowest BCUT2D eigenvalue weighted by Crippen LogP contribution is -2.41. The van der Waals surface area contributed by atoms with E-state index in [4.69, 9.17) is 5.73 Å². The van der Waals surface area contributed by atoms with Crippen molar-refractivity contribution in [3.8, 4) is 0 Å². The van der Waals surface area contributed by atoms with E-state index in [2.05, 4.69) is 54.0 Å². The summed E-state index contributed by atoms with van der Waals surface area (Å²) in [6, 6.07) is -1.59. The molecule has 7 heteroatoms. The first-order valence-corrected chi connectivity index (χ1v) is 11.5. The van der Waals surface area contributed by atoms with E-state index in [0.717, 1.165) is 25.7 Å². The summed E-state index contributed by atoms with van der Waals surface area (Å²) >= 11 is 0. The quantitative estimate of drug-likeness (QED) is 0.175. The molecule has 7 nitrogen and oxygen atoms in total. The van der Waals surface area contributed by atoms with Gasteiger partial charge in [-0.1, -0.05) is 56.2 Å². The van der Waals surface area contributed by atoms with Crippen molar-refractivity contribution in [1.29, 1.82) is 0 Å². The molecule has 0 aliphatic carbocycles. The molecule has 5 N–H and O–H groups in total. The number of carbonyl (C=O) groups is 3. The highest BCUT2D eigenvalue weighted by Gasteiger charge is 2.19. The maximum Gasteiger partial charge on any atom is 0.326 e. The topological polar surface area (TPSA) is 122 Å². The molecule has 0 saturated carbocycles. The molecule has 0 radical (unpaired) electrons. The molecule has 0 rings (SSSR count). The number of allylic oxidation sites excluding steroid dienone is 6. The third-order valence-corrected chi connectivity index (χ3v) is 4.65. The van der Waals surface area contributed by atoms with E-state index in [-0.39, 0.29) is 18.9 Å². The number of primary amides is 1. The van der Waals surface area contributed by atoms with E-state index < -0.39 is 18.0 Å². The lowest BCUT2D eigenvalue weighted by molar-refractivity contribution is -0.142. The predicted octanol–water partition coefficient (Wildman–Crippen LogP) is 4.59. The van der Waals surface area contributed by atoms with Crippen molar-refractivity contribution in [2.45, 2.75) is 90.0 Å². The van der Waals surface area contributed by atoms with Crippen LogP contribution < -0.4 is 16.4 Å². The van der Waals surface area contributed by atoms with Crippen LogP contribution in [0.4, 0.5) is 4.79 Å². The fraction of sp³-hybridized carbons (Fsp3) is 0.625. The molecule has 0 aliphatic heterocycles. The van der Waals surface area contributed by atoms with Gasteiger partial charge in [-0.2, -0.15) is 0 Å². The summed E-state index contributed by atoms with van der Waals surface area (Å²) in [7, 11) is 0. The van der Waals surface area contributed by atoms with Crippen LogP contribution in [0.1, 0.15) is 84.0 Å². The molecule has 31 heavy (non-hydrogen) atoms. The van der Waals surface area contributed by atoms with Gasteiger partial charge in [-0.25, -0.2) is 9.59 Å².